The van der Waals surface area contributed by atoms with Gasteiger partial charge in [0, 0.05) is 60.6 Å². The Morgan fingerprint density at radius 2 is 1.28 bits per heavy atom. The van der Waals surface area contributed by atoms with Crippen LogP contribution in [0.3, 0.4) is 0 Å². The van der Waals surface area contributed by atoms with Crippen molar-refractivity contribution < 1.29 is 4.79 Å². The van der Waals surface area contributed by atoms with Gasteiger partial charge in [-0.2, -0.15) is 0 Å². The summed E-state index contributed by atoms with van der Waals surface area (Å²) >= 11 is 0. The number of hydrogen-bond acceptors (Lipinski definition) is 6. The molecule has 3 aromatic carbocycles. The minimum atomic E-state index is 0.0285. The molecular weight excluding hydrogens is 448 g/mol. The molecule has 1 saturated heterocycles. The average Bonchev–Trinajstić information content (AvgIpc) is 2.96. The van der Waals surface area contributed by atoms with Gasteiger partial charge in [-0.15, -0.1) is 0 Å². The summed E-state index contributed by atoms with van der Waals surface area (Å²) in [6.45, 7) is 3.00. The Bertz CT molecular complexity index is 1780. The van der Waals surface area contributed by atoms with Gasteiger partial charge in [0.15, 0.2) is 0 Å². The molecular formula is C29H22N6O. The van der Waals surface area contributed by atoms with Gasteiger partial charge in [-0.25, -0.2) is 9.97 Å². The van der Waals surface area contributed by atoms with E-state index in [0.717, 1.165) is 51.4 Å². The molecule has 7 rings (SSSR count). The number of benzene rings is 3. The molecule has 7 nitrogen and oxygen atoms in total. The number of fused-ring (bicyclic) bond motifs is 7. The summed E-state index contributed by atoms with van der Waals surface area (Å²) in [7, 11) is 0. The van der Waals surface area contributed by atoms with Crippen LogP contribution in [0.25, 0.3) is 43.9 Å². The second-order valence-corrected chi connectivity index (χ2v) is 9.04. The molecule has 1 fully saturated rings. The van der Waals surface area contributed by atoms with Crippen LogP contribution in [-0.2, 0) is 0 Å². The number of amides is 1. The van der Waals surface area contributed by atoms with Crippen molar-refractivity contribution in [1.82, 2.24) is 24.8 Å². The van der Waals surface area contributed by atoms with Gasteiger partial charge in [-0.05, 0) is 54.6 Å². The minimum absolute atomic E-state index is 0.0285. The van der Waals surface area contributed by atoms with E-state index in [-0.39, 0.29) is 5.91 Å². The first-order valence-corrected chi connectivity index (χ1v) is 12.1. The molecule has 1 aliphatic heterocycles. The topological polar surface area (TPSA) is 75.1 Å². The van der Waals surface area contributed by atoms with Crippen LogP contribution in [0.4, 0.5) is 5.69 Å². The van der Waals surface area contributed by atoms with Crippen molar-refractivity contribution in [2.75, 3.05) is 31.1 Å². The SMILES string of the molecule is O=C(c1ccc2nc3c4cccnc4c4ncccc4c3nc2c1)N1CCN(c2ccccc2)CC1. The Morgan fingerprint density at radius 1 is 0.639 bits per heavy atom. The van der Waals surface area contributed by atoms with Gasteiger partial charge in [0.25, 0.3) is 5.91 Å². The third-order valence-electron chi connectivity index (χ3n) is 6.95. The number of carbonyl (C=O) groups is 1. The van der Waals surface area contributed by atoms with E-state index in [2.05, 4.69) is 27.0 Å². The van der Waals surface area contributed by atoms with Crippen LogP contribution >= 0.6 is 0 Å². The van der Waals surface area contributed by atoms with E-state index in [1.165, 1.54) is 5.69 Å². The largest absolute Gasteiger partial charge is 0.368 e. The first kappa shape index (κ1) is 20.7. The lowest BCUT2D eigenvalue weighted by molar-refractivity contribution is 0.0747. The fourth-order valence-electron chi connectivity index (χ4n) is 5.12. The minimum Gasteiger partial charge on any atom is -0.368 e. The van der Waals surface area contributed by atoms with Crippen molar-refractivity contribution in [3.8, 4) is 0 Å². The number of aromatic nitrogens is 4. The van der Waals surface area contributed by atoms with E-state index in [1.807, 2.05) is 65.6 Å². The molecule has 0 aliphatic carbocycles. The van der Waals surface area contributed by atoms with Crippen LogP contribution in [-0.4, -0.2) is 56.9 Å². The predicted molar refractivity (Wildman–Crippen MR) is 142 cm³/mol. The maximum atomic E-state index is 13.4. The lowest BCUT2D eigenvalue weighted by Crippen LogP contribution is -2.48. The first-order valence-electron chi connectivity index (χ1n) is 12.1. The molecule has 0 N–H and O–H groups in total. The van der Waals surface area contributed by atoms with Gasteiger partial charge >= 0.3 is 0 Å². The molecule has 0 unspecified atom stereocenters. The molecule has 3 aromatic heterocycles. The molecule has 1 aliphatic rings. The zero-order chi connectivity index (χ0) is 24.1. The number of para-hydroxylation sites is 1. The van der Waals surface area contributed by atoms with Gasteiger partial charge in [0.2, 0.25) is 0 Å². The van der Waals surface area contributed by atoms with Crippen molar-refractivity contribution in [1.29, 1.82) is 0 Å². The summed E-state index contributed by atoms with van der Waals surface area (Å²) < 4.78 is 0. The zero-order valence-electron chi connectivity index (χ0n) is 19.5. The molecule has 36 heavy (non-hydrogen) atoms. The monoisotopic (exact) mass is 470 g/mol. The third-order valence-corrected chi connectivity index (χ3v) is 6.95. The van der Waals surface area contributed by atoms with Crippen LogP contribution in [0.1, 0.15) is 10.4 Å². The summed E-state index contributed by atoms with van der Waals surface area (Å²) in [6, 6.07) is 23.8. The lowest BCUT2D eigenvalue weighted by atomic mass is 10.1. The molecule has 1 amide bonds. The van der Waals surface area contributed by atoms with E-state index < -0.39 is 0 Å². The van der Waals surface area contributed by atoms with Crippen molar-refractivity contribution in [2.45, 2.75) is 0 Å². The van der Waals surface area contributed by atoms with Crippen molar-refractivity contribution in [2.24, 2.45) is 0 Å². The highest BCUT2D eigenvalue weighted by Crippen LogP contribution is 2.32. The molecule has 174 valence electrons. The zero-order valence-corrected chi connectivity index (χ0v) is 19.5. The summed E-state index contributed by atoms with van der Waals surface area (Å²) in [6.07, 6.45) is 3.54. The second-order valence-electron chi connectivity index (χ2n) is 9.04. The lowest BCUT2D eigenvalue weighted by Gasteiger charge is -2.36. The van der Waals surface area contributed by atoms with Gasteiger partial charge in [-0.1, -0.05) is 18.2 Å². The van der Waals surface area contributed by atoms with E-state index in [0.29, 0.717) is 24.2 Å². The summed E-state index contributed by atoms with van der Waals surface area (Å²) in [5.74, 6) is 0.0285. The Kier molecular flexibility index (Phi) is 4.73. The predicted octanol–water partition coefficient (Wildman–Crippen LogP) is 4.84. The van der Waals surface area contributed by atoms with E-state index in [9.17, 15) is 4.79 Å². The van der Waals surface area contributed by atoms with Crippen LogP contribution < -0.4 is 4.90 Å². The molecule has 0 saturated carbocycles. The Balaban J connectivity index is 1.26. The van der Waals surface area contributed by atoms with Gasteiger partial charge < -0.3 is 9.80 Å². The fourth-order valence-corrected chi connectivity index (χ4v) is 5.12. The number of piperazine rings is 1. The van der Waals surface area contributed by atoms with Gasteiger partial charge in [-0.3, -0.25) is 14.8 Å². The molecule has 0 radical (unpaired) electrons. The average molecular weight is 471 g/mol. The first-order chi connectivity index (χ1) is 17.8. The van der Waals surface area contributed by atoms with Crippen molar-refractivity contribution >= 4 is 55.5 Å². The normalized spacial score (nSPS) is 14.2. The van der Waals surface area contributed by atoms with Crippen LogP contribution in [0, 0.1) is 0 Å². The Hall–Kier alpha value is -4.65. The van der Waals surface area contributed by atoms with E-state index in [4.69, 9.17) is 9.97 Å². The number of rotatable bonds is 2. The van der Waals surface area contributed by atoms with Crippen molar-refractivity contribution in [3.63, 3.8) is 0 Å². The maximum absolute atomic E-state index is 13.4. The standard InChI is InChI=1S/C29H22N6O/c36-29(35-16-14-34(15-17-35)20-6-2-1-3-7-20)19-10-11-23-24(18-19)33-28-22-9-5-13-31-26(22)25-21(27(28)32-23)8-4-12-30-25/h1-13,18H,14-17H2. The van der Waals surface area contributed by atoms with Gasteiger partial charge in [0.1, 0.15) is 0 Å². The number of pyridine rings is 2. The van der Waals surface area contributed by atoms with E-state index >= 15 is 0 Å². The summed E-state index contributed by atoms with van der Waals surface area (Å²) in [5.41, 5.74) is 6.46. The van der Waals surface area contributed by atoms with E-state index in [1.54, 1.807) is 12.4 Å². The van der Waals surface area contributed by atoms with Crippen LogP contribution in [0.5, 0.6) is 0 Å². The molecule has 4 heterocycles. The molecule has 6 aromatic rings. The highest BCUT2D eigenvalue weighted by Gasteiger charge is 2.23. The quantitative estimate of drug-likeness (QED) is 0.266. The smallest absolute Gasteiger partial charge is 0.254 e. The highest BCUT2D eigenvalue weighted by atomic mass is 16.2. The Labute approximate surface area is 207 Å². The Morgan fingerprint density at radius 3 is 1.94 bits per heavy atom. The van der Waals surface area contributed by atoms with Gasteiger partial charge in [0.05, 0.1) is 33.1 Å². The summed E-state index contributed by atoms with van der Waals surface area (Å²) in [4.78, 5) is 36.7. The van der Waals surface area contributed by atoms with Crippen molar-refractivity contribution in [3.05, 3.63) is 90.8 Å². The van der Waals surface area contributed by atoms with Crippen LogP contribution in [0.2, 0.25) is 0 Å². The highest BCUT2D eigenvalue weighted by molar-refractivity contribution is 6.21. The number of carbonyl (C=O) groups excluding carboxylic acids is 1. The third kappa shape index (κ3) is 3.32. The fraction of sp³-hybridized carbons (Fsp3) is 0.138. The molecule has 7 heteroatoms. The number of hydrogen-bond donors (Lipinski definition) is 0. The molecule has 0 atom stereocenters. The number of anilines is 1. The second kappa shape index (κ2) is 8.23. The summed E-state index contributed by atoms with van der Waals surface area (Å²) in [5, 5.41) is 1.83. The van der Waals surface area contributed by atoms with Crippen LogP contribution in [0.15, 0.2) is 85.2 Å². The molecule has 0 spiro atoms. The molecule has 0 bridgehead atoms. The maximum Gasteiger partial charge on any atom is 0.254 e. The number of nitrogens with zero attached hydrogens (tertiary/aromatic N) is 6.